The molecule has 1 N–H and O–H groups in total. The Labute approximate surface area is 182 Å². The van der Waals surface area contributed by atoms with Crippen LogP contribution in [0.15, 0.2) is 42.7 Å². The predicted octanol–water partition coefficient (Wildman–Crippen LogP) is 2.94. The molecule has 0 saturated heterocycles. The Bertz CT molecular complexity index is 1000. The van der Waals surface area contributed by atoms with Crippen LogP contribution in [0.25, 0.3) is 10.9 Å². The summed E-state index contributed by atoms with van der Waals surface area (Å²) in [4.78, 5) is 16.9. The van der Waals surface area contributed by atoms with Crippen molar-refractivity contribution >= 4 is 16.8 Å². The Morgan fingerprint density at radius 1 is 1.16 bits per heavy atom. The zero-order valence-electron chi connectivity index (χ0n) is 18.6. The van der Waals surface area contributed by atoms with Gasteiger partial charge in [-0.2, -0.15) is 0 Å². The number of ether oxygens (including phenoxy) is 3. The maximum Gasteiger partial charge on any atom is 0.263 e. The van der Waals surface area contributed by atoms with Crippen LogP contribution in [0.3, 0.4) is 0 Å². The predicted molar refractivity (Wildman–Crippen MR) is 118 cm³/mol. The molecule has 0 aliphatic carbocycles. The van der Waals surface area contributed by atoms with E-state index in [2.05, 4.69) is 15.4 Å². The molecule has 2 heterocycles. The van der Waals surface area contributed by atoms with E-state index in [0.29, 0.717) is 32.2 Å². The van der Waals surface area contributed by atoms with Crippen LogP contribution in [0.1, 0.15) is 31.4 Å². The molecule has 0 bridgehead atoms. The molecule has 0 radical (unpaired) electrons. The molecule has 3 aromatic rings. The average Bonchev–Trinajstić information content (AvgIpc) is 3.08. The van der Waals surface area contributed by atoms with Gasteiger partial charge in [0.05, 0.1) is 24.1 Å². The van der Waals surface area contributed by atoms with Crippen LogP contribution >= 0.6 is 0 Å². The van der Waals surface area contributed by atoms with E-state index in [4.69, 9.17) is 14.2 Å². The van der Waals surface area contributed by atoms with E-state index in [-0.39, 0.29) is 5.91 Å². The van der Waals surface area contributed by atoms with E-state index in [1.54, 1.807) is 34.3 Å². The molecular weight excluding hydrogens is 396 g/mol. The van der Waals surface area contributed by atoms with E-state index in [1.807, 2.05) is 41.2 Å². The van der Waals surface area contributed by atoms with Gasteiger partial charge in [-0.05, 0) is 49.6 Å². The summed E-state index contributed by atoms with van der Waals surface area (Å²) < 4.78 is 18.3. The van der Waals surface area contributed by atoms with Crippen LogP contribution in [0.4, 0.5) is 0 Å². The minimum atomic E-state index is -1.09. The van der Waals surface area contributed by atoms with Crippen LogP contribution in [-0.2, 0) is 27.4 Å². The van der Waals surface area contributed by atoms with Crippen LogP contribution in [0.2, 0.25) is 0 Å². The normalized spacial score (nSPS) is 11.6. The van der Waals surface area contributed by atoms with Gasteiger partial charge in [-0.25, -0.2) is 0 Å². The lowest BCUT2D eigenvalue weighted by Gasteiger charge is -2.24. The van der Waals surface area contributed by atoms with Crippen molar-refractivity contribution in [2.45, 2.75) is 39.0 Å². The van der Waals surface area contributed by atoms with Crippen molar-refractivity contribution in [2.75, 3.05) is 27.4 Å². The van der Waals surface area contributed by atoms with E-state index in [9.17, 15) is 4.79 Å². The topological polar surface area (TPSA) is 87.5 Å². The lowest BCUT2D eigenvalue weighted by molar-refractivity contribution is -0.134. The highest BCUT2D eigenvalue weighted by atomic mass is 16.5. The molecular formula is C23H30N4O4. The number of fused-ring (bicyclic) bond motifs is 1. The monoisotopic (exact) mass is 426 g/mol. The highest BCUT2D eigenvalue weighted by Crippen LogP contribution is 2.30. The van der Waals surface area contributed by atoms with Crippen molar-refractivity contribution in [2.24, 2.45) is 0 Å². The second kappa shape index (κ2) is 10.4. The van der Waals surface area contributed by atoms with Crippen molar-refractivity contribution in [3.8, 4) is 5.88 Å². The Hall–Kier alpha value is -2.97. The third-order valence-corrected chi connectivity index (χ3v) is 4.86. The standard InChI is InChI=1S/C23H30N4O4/c1-23(2,22(28)25-11-6-12-29-3)31-21-19-13-17(16-30-4)8-9-20(19)27(26-21)15-18-7-5-10-24-14-18/h5,7-10,13-14H,6,11-12,15-16H2,1-4H3,(H,25,28). The number of aromatic nitrogens is 3. The molecule has 3 rings (SSSR count). The Kier molecular flexibility index (Phi) is 7.59. The van der Waals surface area contributed by atoms with Gasteiger partial charge in [0.1, 0.15) is 0 Å². The first kappa shape index (κ1) is 22.7. The minimum Gasteiger partial charge on any atom is -0.460 e. The maximum absolute atomic E-state index is 12.7. The second-order valence-electron chi connectivity index (χ2n) is 7.82. The van der Waals surface area contributed by atoms with Gasteiger partial charge in [-0.3, -0.25) is 14.5 Å². The summed E-state index contributed by atoms with van der Waals surface area (Å²) in [5.74, 6) is 0.209. The number of nitrogens with zero attached hydrogens (tertiary/aromatic N) is 3. The Morgan fingerprint density at radius 2 is 2.00 bits per heavy atom. The van der Waals surface area contributed by atoms with Gasteiger partial charge < -0.3 is 19.5 Å². The number of hydrogen-bond acceptors (Lipinski definition) is 6. The summed E-state index contributed by atoms with van der Waals surface area (Å²) >= 11 is 0. The summed E-state index contributed by atoms with van der Waals surface area (Å²) in [5.41, 5.74) is 1.84. The van der Waals surface area contributed by atoms with Gasteiger partial charge in [0.2, 0.25) is 5.88 Å². The van der Waals surface area contributed by atoms with Crippen molar-refractivity contribution in [1.29, 1.82) is 0 Å². The van der Waals surface area contributed by atoms with E-state index in [1.165, 1.54) is 0 Å². The first-order valence-electron chi connectivity index (χ1n) is 10.3. The van der Waals surface area contributed by atoms with Crippen LogP contribution in [0.5, 0.6) is 5.88 Å². The smallest absolute Gasteiger partial charge is 0.263 e. The summed E-state index contributed by atoms with van der Waals surface area (Å²) in [6, 6.07) is 9.89. The fourth-order valence-corrected chi connectivity index (χ4v) is 3.23. The summed E-state index contributed by atoms with van der Waals surface area (Å²) in [7, 11) is 3.30. The fraction of sp³-hybridized carbons (Fsp3) is 0.435. The Morgan fingerprint density at radius 3 is 2.71 bits per heavy atom. The number of carbonyl (C=O) groups is 1. The molecule has 166 valence electrons. The maximum atomic E-state index is 12.7. The number of hydrogen-bond donors (Lipinski definition) is 1. The summed E-state index contributed by atoms with van der Waals surface area (Å²) in [6.07, 6.45) is 4.29. The SMILES string of the molecule is COCCCNC(=O)C(C)(C)Oc1nn(Cc2cccnc2)c2ccc(COC)cc12. The molecule has 0 spiro atoms. The van der Waals surface area contributed by atoms with Crippen molar-refractivity contribution in [1.82, 2.24) is 20.1 Å². The lowest BCUT2D eigenvalue weighted by Crippen LogP contribution is -2.47. The fourth-order valence-electron chi connectivity index (χ4n) is 3.23. The highest BCUT2D eigenvalue weighted by Gasteiger charge is 2.31. The van der Waals surface area contributed by atoms with Crippen molar-refractivity contribution < 1.29 is 19.0 Å². The molecule has 1 aromatic carbocycles. The zero-order valence-corrected chi connectivity index (χ0v) is 18.6. The zero-order chi connectivity index (χ0) is 22.3. The number of amides is 1. The van der Waals surface area contributed by atoms with Gasteiger partial charge in [-0.15, -0.1) is 5.10 Å². The van der Waals surface area contributed by atoms with Gasteiger partial charge in [0.15, 0.2) is 5.60 Å². The van der Waals surface area contributed by atoms with Crippen molar-refractivity contribution in [3.63, 3.8) is 0 Å². The molecule has 0 saturated carbocycles. The molecule has 1 amide bonds. The van der Waals surface area contributed by atoms with E-state index < -0.39 is 5.60 Å². The second-order valence-corrected chi connectivity index (χ2v) is 7.82. The third-order valence-electron chi connectivity index (χ3n) is 4.86. The lowest BCUT2D eigenvalue weighted by atomic mass is 10.1. The molecule has 8 heteroatoms. The van der Waals surface area contributed by atoms with Gasteiger partial charge in [0, 0.05) is 39.8 Å². The van der Waals surface area contributed by atoms with Gasteiger partial charge in [-0.1, -0.05) is 12.1 Å². The number of pyridine rings is 1. The van der Waals surface area contributed by atoms with E-state index in [0.717, 1.165) is 28.5 Å². The third kappa shape index (κ3) is 5.80. The highest BCUT2D eigenvalue weighted by molar-refractivity contribution is 5.88. The number of rotatable bonds is 11. The number of nitrogens with one attached hydrogen (secondary N) is 1. The quantitative estimate of drug-likeness (QED) is 0.475. The van der Waals surface area contributed by atoms with Crippen LogP contribution in [-0.4, -0.2) is 53.6 Å². The molecule has 0 unspecified atom stereocenters. The molecule has 0 aliphatic heterocycles. The first-order chi connectivity index (χ1) is 14.9. The molecule has 0 fully saturated rings. The van der Waals surface area contributed by atoms with E-state index >= 15 is 0 Å². The summed E-state index contributed by atoms with van der Waals surface area (Å²) in [5, 5.41) is 8.42. The van der Waals surface area contributed by atoms with Gasteiger partial charge >= 0.3 is 0 Å². The molecule has 0 aliphatic rings. The molecule has 2 aromatic heterocycles. The van der Waals surface area contributed by atoms with Crippen LogP contribution < -0.4 is 10.1 Å². The molecule has 0 atom stereocenters. The summed E-state index contributed by atoms with van der Waals surface area (Å²) in [6.45, 7) is 5.61. The minimum absolute atomic E-state index is 0.202. The molecule has 31 heavy (non-hydrogen) atoms. The number of benzene rings is 1. The first-order valence-corrected chi connectivity index (χ1v) is 10.3. The number of methoxy groups -OCH3 is 2. The number of carbonyl (C=O) groups excluding carboxylic acids is 1. The van der Waals surface area contributed by atoms with Crippen LogP contribution in [0, 0.1) is 0 Å². The molecule has 8 nitrogen and oxygen atoms in total. The largest absolute Gasteiger partial charge is 0.460 e. The van der Waals surface area contributed by atoms with Crippen molar-refractivity contribution in [3.05, 3.63) is 53.9 Å². The average molecular weight is 427 g/mol. The Balaban J connectivity index is 1.88. The van der Waals surface area contributed by atoms with Gasteiger partial charge in [0.25, 0.3) is 5.91 Å².